The summed E-state index contributed by atoms with van der Waals surface area (Å²) in [6.45, 7) is 3.54. The summed E-state index contributed by atoms with van der Waals surface area (Å²) < 4.78 is 1.46. The molecule has 0 unspecified atom stereocenters. The van der Waals surface area contributed by atoms with Crippen molar-refractivity contribution in [3.05, 3.63) is 35.0 Å². The first kappa shape index (κ1) is 13.4. The van der Waals surface area contributed by atoms with Gasteiger partial charge in [-0.05, 0) is 18.4 Å². The highest BCUT2D eigenvalue weighted by Crippen LogP contribution is 2.17. The number of anilines is 2. The van der Waals surface area contributed by atoms with Crippen molar-refractivity contribution in [3.8, 4) is 5.95 Å². The lowest BCUT2D eigenvalue weighted by molar-refractivity contribution is 0.754. The zero-order valence-corrected chi connectivity index (χ0v) is 12.2. The maximum Gasteiger partial charge on any atom is 0.258 e. The Hall–Kier alpha value is -2.55. The number of hydrogen-bond acceptors (Lipinski definition) is 8. The van der Waals surface area contributed by atoms with Gasteiger partial charge in [0.15, 0.2) is 0 Å². The van der Waals surface area contributed by atoms with Crippen molar-refractivity contribution in [3.63, 3.8) is 0 Å². The van der Waals surface area contributed by atoms with E-state index in [-0.39, 0.29) is 5.95 Å². The Kier molecular flexibility index (Phi) is 3.73. The topological polar surface area (TPSA) is 98.6 Å². The summed E-state index contributed by atoms with van der Waals surface area (Å²) in [5, 5.41) is 6.06. The second-order valence-electron chi connectivity index (χ2n) is 4.23. The first-order valence-corrected chi connectivity index (χ1v) is 7.28. The quantitative estimate of drug-likeness (QED) is 0.754. The van der Waals surface area contributed by atoms with Crippen LogP contribution in [0, 0.1) is 0 Å². The molecule has 0 aliphatic heterocycles. The molecule has 0 radical (unpaired) electrons. The number of aromatic nitrogens is 6. The van der Waals surface area contributed by atoms with Crippen molar-refractivity contribution in [2.45, 2.75) is 13.5 Å². The van der Waals surface area contributed by atoms with E-state index >= 15 is 0 Å². The molecule has 0 atom stereocenters. The van der Waals surface area contributed by atoms with Gasteiger partial charge in [-0.2, -0.15) is 24.7 Å². The number of thiophene rings is 1. The predicted molar refractivity (Wildman–Crippen MR) is 80.2 cm³/mol. The van der Waals surface area contributed by atoms with Gasteiger partial charge in [-0.15, -0.1) is 11.3 Å². The molecule has 8 nitrogen and oxygen atoms in total. The number of rotatable bonds is 5. The highest BCUT2D eigenvalue weighted by molar-refractivity contribution is 7.09. The van der Waals surface area contributed by atoms with E-state index in [0.717, 1.165) is 13.1 Å². The maximum absolute atomic E-state index is 5.78. The molecule has 0 aromatic carbocycles. The van der Waals surface area contributed by atoms with Crippen LogP contribution in [0.2, 0.25) is 0 Å². The minimum absolute atomic E-state index is 0.162. The summed E-state index contributed by atoms with van der Waals surface area (Å²) in [6, 6.07) is 4.10. The first-order chi connectivity index (χ1) is 10.3. The van der Waals surface area contributed by atoms with Crippen LogP contribution in [0.15, 0.2) is 30.2 Å². The normalized spacial score (nSPS) is 10.7. The maximum atomic E-state index is 5.78. The molecule has 0 aliphatic carbocycles. The van der Waals surface area contributed by atoms with Crippen LogP contribution in [0.4, 0.5) is 11.9 Å². The average Bonchev–Trinajstić information content (AvgIpc) is 3.17. The van der Waals surface area contributed by atoms with Gasteiger partial charge >= 0.3 is 0 Å². The van der Waals surface area contributed by atoms with Crippen molar-refractivity contribution in [1.82, 2.24) is 29.7 Å². The Bertz CT molecular complexity index is 694. The number of nitrogen functional groups attached to an aromatic ring is 1. The third-order valence-electron chi connectivity index (χ3n) is 2.84. The van der Waals surface area contributed by atoms with Gasteiger partial charge in [0.2, 0.25) is 11.9 Å². The number of nitrogens with zero attached hydrogens (tertiary/aromatic N) is 7. The Morgan fingerprint density at radius 3 is 2.90 bits per heavy atom. The minimum atomic E-state index is 0.162. The van der Waals surface area contributed by atoms with E-state index in [0.29, 0.717) is 11.9 Å². The Labute approximate surface area is 125 Å². The molecule has 3 rings (SSSR count). The lowest BCUT2D eigenvalue weighted by atomic mass is 10.4. The van der Waals surface area contributed by atoms with Crippen LogP contribution in [-0.4, -0.2) is 36.3 Å². The molecule has 2 N–H and O–H groups in total. The highest BCUT2D eigenvalue weighted by atomic mass is 32.1. The van der Waals surface area contributed by atoms with Gasteiger partial charge in [-0.25, -0.2) is 4.98 Å². The number of nitrogens with two attached hydrogens (primary N) is 1. The number of hydrogen-bond donors (Lipinski definition) is 1. The summed E-state index contributed by atoms with van der Waals surface area (Å²) >= 11 is 1.70. The standard InChI is InChI=1S/C12H14N8S/c1-2-19(6-9-4-3-5-21-9)11-16-10(13)17-12(18-11)20-8-14-7-15-20/h3-5,7-8H,2,6H2,1H3,(H2,13,16,17,18). The Morgan fingerprint density at radius 2 is 2.24 bits per heavy atom. The summed E-state index contributed by atoms with van der Waals surface area (Å²) in [4.78, 5) is 19.9. The fraction of sp³-hybridized carbons (Fsp3) is 0.250. The molecule has 9 heteroatoms. The van der Waals surface area contributed by atoms with Gasteiger partial charge in [0.25, 0.3) is 5.95 Å². The van der Waals surface area contributed by atoms with Crippen LogP contribution >= 0.6 is 11.3 Å². The van der Waals surface area contributed by atoms with Crippen LogP contribution in [0.3, 0.4) is 0 Å². The van der Waals surface area contributed by atoms with E-state index in [1.807, 2.05) is 23.3 Å². The van der Waals surface area contributed by atoms with Crippen LogP contribution in [0.5, 0.6) is 0 Å². The van der Waals surface area contributed by atoms with Crippen LogP contribution in [-0.2, 0) is 6.54 Å². The van der Waals surface area contributed by atoms with Gasteiger partial charge in [-0.1, -0.05) is 6.07 Å². The first-order valence-electron chi connectivity index (χ1n) is 6.40. The Morgan fingerprint density at radius 1 is 1.33 bits per heavy atom. The van der Waals surface area contributed by atoms with E-state index in [4.69, 9.17) is 5.73 Å². The zero-order chi connectivity index (χ0) is 14.7. The lowest BCUT2D eigenvalue weighted by Crippen LogP contribution is -2.25. The smallest absolute Gasteiger partial charge is 0.258 e. The molecule has 3 heterocycles. The summed E-state index contributed by atoms with van der Waals surface area (Å²) in [6.07, 6.45) is 2.94. The predicted octanol–water partition coefficient (Wildman–Crippen LogP) is 1.12. The van der Waals surface area contributed by atoms with Crippen molar-refractivity contribution in [2.75, 3.05) is 17.2 Å². The van der Waals surface area contributed by atoms with Gasteiger partial charge in [0, 0.05) is 11.4 Å². The van der Waals surface area contributed by atoms with Crippen molar-refractivity contribution in [2.24, 2.45) is 0 Å². The van der Waals surface area contributed by atoms with Gasteiger partial charge in [0.1, 0.15) is 12.7 Å². The summed E-state index contributed by atoms with van der Waals surface area (Å²) in [5.74, 6) is 1.05. The molecule has 108 valence electrons. The molecule has 0 spiro atoms. The second kappa shape index (κ2) is 5.83. The highest BCUT2D eigenvalue weighted by Gasteiger charge is 2.13. The molecule has 21 heavy (non-hydrogen) atoms. The zero-order valence-electron chi connectivity index (χ0n) is 11.4. The molecule has 0 saturated carbocycles. The van der Waals surface area contributed by atoms with Gasteiger partial charge in [-0.3, -0.25) is 0 Å². The van der Waals surface area contributed by atoms with E-state index in [9.17, 15) is 0 Å². The monoisotopic (exact) mass is 302 g/mol. The molecule has 3 aromatic heterocycles. The van der Waals surface area contributed by atoms with Crippen molar-refractivity contribution >= 4 is 23.2 Å². The van der Waals surface area contributed by atoms with E-state index in [2.05, 4.69) is 31.1 Å². The molecule has 0 saturated heterocycles. The third-order valence-corrected chi connectivity index (χ3v) is 3.71. The van der Waals surface area contributed by atoms with Crippen LogP contribution in [0.25, 0.3) is 5.95 Å². The minimum Gasteiger partial charge on any atom is -0.368 e. The molecule has 0 aliphatic rings. The summed E-state index contributed by atoms with van der Waals surface area (Å²) in [5.41, 5.74) is 5.78. The molecule has 3 aromatic rings. The summed E-state index contributed by atoms with van der Waals surface area (Å²) in [7, 11) is 0. The second-order valence-corrected chi connectivity index (χ2v) is 5.26. The lowest BCUT2D eigenvalue weighted by Gasteiger charge is -2.20. The fourth-order valence-corrected chi connectivity index (χ4v) is 2.56. The SMILES string of the molecule is CCN(Cc1cccs1)c1nc(N)nc(-n2cncn2)n1. The van der Waals surface area contributed by atoms with E-state index in [1.165, 1.54) is 22.2 Å². The van der Waals surface area contributed by atoms with Crippen LogP contribution in [0.1, 0.15) is 11.8 Å². The Balaban J connectivity index is 1.93. The largest absolute Gasteiger partial charge is 0.368 e. The fourth-order valence-electron chi connectivity index (χ4n) is 1.84. The van der Waals surface area contributed by atoms with Crippen molar-refractivity contribution in [1.29, 1.82) is 0 Å². The van der Waals surface area contributed by atoms with Crippen molar-refractivity contribution < 1.29 is 0 Å². The van der Waals surface area contributed by atoms with Gasteiger partial charge < -0.3 is 10.6 Å². The molecule has 0 amide bonds. The molecule has 0 bridgehead atoms. The average molecular weight is 302 g/mol. The molecular formula is C12H14N8S. The van der Waals surface area contributed by atoms with Gasteiger partial charge in [0.05, 0.1) is 6.54 Å². The third kappa shape index (κ3) is 2.97. The van der Waals surface area contributed by atoms with Crippen LogP contribution < -0.4 is 10.6 Å². The molecule has 0 fully saturated rings. The molecular weight excluding hydrogens is 288 g/mol. The van der Waals surface area contributed by atoms with E-state index in [1.54, 1.807) is 11.3 Å². The van der Waals surface area contributed by atoms with E-state index < -0.39 is 0 Å².